The molecule has 0 amide bonds. The fraction of sp³-hybridized carbons (Fsp3) is 0.440. The van der Waals surface area contributed by atoms with Crippen LogP contribution in [0.3, 0.4) is 0 Å². The molecule has 2 heterocycles. The SMILES string of the molecule is CC(=O)OC[C@H]1O[C@@H](Oc2ccc(C(=O)Cc3cscn3)c(O)c2)[C@H](OC(C)=O)[C@@H](OC(C)=O)[C@@H]1OC(C)=O. The average molecular weight is 566 g/mol. The topological polar surface area (TPSA) is 174 Å². The third-order valence-corrected chi connectivity index (χ3v) is 5.93. The van der Waals surface area contributed by atoms with Gasteiger partial charge in [0.25, 0.3) is 0 Å². The molecular weight excluding hydrogens is 538 g/mol. The Morgan fingerprint density at radius 2 is 1.56 bits per heavy atom. The van der Waals surface area contributed by atoms with Crippen molar-refractivity contribution in [2.45, 2.75) is 64.8 Å². The number of ether oxygens (including phenoxy) is 6. The van der Waals surface area contributed by atoms with Crippen LogP contribution in [-0.4, -0.2) is 77.1 Å². The Morgan fingerprint density at radius 3 is 2.13 bits per heavy atom. The minimum Gasteiger partial charge on any atom is -0.507 e. The number of hydrogen-bond acceptors (Lipinski definition) is 14. The van der Waals surface area contributed by atoms with E-state index in [4.69, 9.17) is 28.4 Å². The molecule has 1 saturated heterocycles. The van der Waals surface area contributed by atoms with Gasteiger partial charge in [-0.1, -0.05) is 0 Å². The van der Waals surface area contributed by atoms with Gasteiger partial charge in [0.05, 0.1) is 23.2 Å². The Labute approximate surface area is 226 Å². The molecule has 3 rings (SSSR count). The number of benzene rings is 1. The van der Waals surface area contributed by atoms with Crippen molar-refractivity contribution < 1.29 is 57.5 Å². The van der Waals surface area contributed by atoms with Crippen LogP contribution in [0.2, 0.25) is 0 Å². The highest BCUT2D eigenvalue weighted by Gasteiger charge is 2.53. The van der Waals surface area contributed by atoms with Crippen molar-refractivity contribution in [1.82, 2.24) is 4.98 Å². The lowest BCUT2D eigenvalue weighted by atomic mass is 9.98. The van der Waals surface area contributed by atoms with Crippen molar-refractivity contribution >= 4 is 41.0 Å². The molecule has 1 aromatic carbocycles. The molecule has 0 saturated carbocycles. The second kappa shape index (κ2) is 13.2. The number of esters is 4. The Kier molecular flexibility index (Phi) is 9.95. The van der Waals surface area contributed by atoms with E-state index in [1.807, 2.05) is 0 Å². The predicted octanol–water partition coefficient (Wildman–Crippen LogP) is 1.74. The third kappa shape index (κ3) is 8.22. The highest BCUT2D eigenvalue weighted by atomic mass is 32.1. The number of nitrogens with zero attached hydrogens (tertiary/aromatic N) is 1. The third-order valence-electron chi connectivity index (χ3n) is 5.30. The van der Waals surface area contributed by atoms with E-state index >= 15 is 0 Å². The number of carbonyl (C=O) groups excluding carboxylic acids is 5. The molecule has 2 aromatic rings. The lowest BCUT2D eigenvalue weighted by molar-refractivity contribution is -0.288. The molecule has 1 aliphatic heterocycles. The Balaban J connectivity index is 1.91. The first kappa shape index (κ1) is 29.5. The van der Waals surface area contributed by atoms with Crippen LogP contribution in [0, 0.1) is 0 Å². The number of aromatic nitrogens is 1. The van der Waals surface area contributed by atoms with Gasteiger partial charge < -0.3 is 33.5 Å². The van der Waals surface area contributed by atoms with Gasteiger partial charge in [-0.15, -0.1) is 11.3 Å². The Bertz CT molecular complexity index is 1210. The van der Waals surface area contributed by atoms with E-state index in [1.165, 1.54) is 23.5 Å². The summed E-state index contributed by atoms with van der Waals surface area (Å²) in [6.45, 7) is 4.04. The summed E-state index contributed by atoms with van der Waals surface area (Å²) in [5, 5.41) is 12.2. The maximum Gasteiger partial charge on any atom is 0.303 e. The molecule has 1 fully saturated rings. The molecule has 0 bridgehead atoms. The fourth-order valence-corrected chi connectivity index (χ4v) is 4.38. The molecule has 0 aliphatic carbocycles. The largest absolute Gasteiger partial charge is 0.507 e. The van der Waals surface area contributed by atoms with E-state index in [-0.39, 0.29) is 23.5 Å². The number of carbonyl (C=O) groups is 5. The highest BCUT2D eigenvalue weighted by Crippen LogP contribution is 2.32. The number of phenolic OH excluding ortho intramolecular Hbond substituents is 1. The van der Waals surface area contributed by atoms with E-state index < -0.39 is 66.9 Å². The van der Waals surface area contributed by atoms with Crippen LogP contribution in [0.25, 0.3) is 0 Å². The molecule has 39 heavy (non-hydrogen) atoms. The minimum absolute atomic E-state index is 0.00129. The van der Waals surface area contributed by atoms with Crippen molar-refractivity contribution in [2.75, 3.05) is 6.61 Å². The molecule has 1 N–H and O–H groups in total. The predicted molar refractivity (Wildman–Crippen MR) is 131 cm³/mol. The number of thiazole rings is 1. The first-order chi connectivity index (χ1) is 18.4. The monoisotopic (exact) mass is 565 g/mol. The number of phenols is 1. The van der Waals surface area contributed by atoms with Gasteiger partial charge in [-0.25, -0.2) is 4.98 Å². The highest BCUT2D eigenvalue weighted by molar-refractivity contribution is 7.07. The standard InChI is InChI=1S/C25H27NO12S/c1-12(27)33-9-21-22(34-13(2)28)23(35-14(3)29)24(36-15(4)30)25(38-21)37-17-5-6-18(20(32)8-17)19(31)7-16-10-39-11-26-16/h5-6,8,10-11,21-25,32H,7,9H2,1-4H3/t21-,22-,23+,24-,25-/m1/s1. The van der Waals surface area contributed by atoms with Crippen LogP contribution in [0.4, 0.5) is 0 Å². The molecule has 1 aliphatic rings. The van der Waals surface area contributed by atoms with Gasteiger partial charge in [0.2, 0.25) is 12.4 Å². The average Bonchev–Trinajstić information content (AvgIpc) is 3.33. The van der Waals surface area contributed by atoms with Crippen LogP contribution in [0.1, 0.15) is 43.7 Å². The normalized spacial score (nSPS) is 22.3. The smallest absolute Gasteiger partial charge is 0.303 e. The summed E-state index contributed by atoms with van der Waals surface area (Å²) in [7, 11) is 0. The zero-order valence-electron chi connectivity index (χ0n) is 21.5. The molecule has 13 nitrogen and oxygen atoms in total. The first-order valence-electron chi connectivity index (χ1n) is 11.6. The second-order valence-electron chi connectivity index (χ2n) is 8.44. The van der Waals surface area contributed by atoms with Gasteiger partial charge >= 0.3 is 23.9 Å². The summed E-state index contributed by atoms with van der Waals surface area (Å²) in [5.41, 5.74) is 2.17. The molecule has 5 atom stereocenters. The minimum atomic E-state index is -1.48. The summed E-state index contributed by atoms with van der Waals surface area (Å²) in [6, 6.07) is 3.87. The van der Waals surface area contributed by atoms with Gasteiger partial charge in [0.1, 0.15) is 24.2 Å². The van der Waals surface area contributed by atoms with Gasteiger partial charge in [0.15, 0.2) is 18.0 Å². The summed E-state index contributed by atoms with van der Waals surface area (Å²) < 4.78 is 32.7. The van der Waals surface area contributed by atoms with Crippen molar-refractivity contribution in [3.05, 3.63) is 40.3 Å². The van der Waals surface area contributed by atoms with Crippen LogP contribution < -0.4 is 4.74 Å². The van der Waals surface area contributed by atoms with Gasteiger partial charge in [-0.05, 0) is 12.1 Å². The molecule has 0 spiro atoms. The molecule has 210 valence electrons. The lowest BCUT2D eigenvalue weighted by Gasteiger charge is -2.43. The van der Waals surface area contributed by atoms with Gasteiger partial charge in [-0.2, -0.15) is 0 Å². The van der Waals surface area contributed by atoms with E-state index in [9.17, 15) is 29.1 Å². The number of rotatable bonds is 10. The second-order valence-corrected chi connectivity index (χ2v) is 9.16. The first-order valence-corrected chi connectivity index (χ1v) is 12.6. The molecule has 0 radical (unpaired) electrons. The van der Waals surface area contributed by atoms with E-state index in [2.05, 4.69) is 4.98 Å². The fourth-order valence-electron chi connectivity index (χ4n) is 3.82. The van der Waals surface area contributed by atoms with E-state index in [1.54, 1.807) is 10.9 Å². The van der Waals surface area contributed by atoms with Crippen molar-refractivity contribution in [3.8, 4) is 11.5 Å². The van der Waals surface area contributed by atoms with Gasteiger partial charge in [-0.3, -0.25) is 24.0 Å². The Hall–Kier alpha value is -4.04. The number of ketones is 1. The van der Waals surface area contributed by atoms with Crippen molar-refractivity contribution in [3.63, 3.8) is 0 Å². The van der Waals surface area contributed by atoms with E-state index in [0.29, 0.717) is 5.69 Å². The van der Waals surface area contributed by atoms with Crippen LogP contribution in [0.5, 0.6) is 11.5 Å². The van der Waals surface area contributed by atoms with Crippen LogP contribution in [-0.2, 0) is 49.3 Å². The summed E-state index contributed by atoms with van der Waals surface area (Å²) >= 11 is 1.34. The molecule has 14 heteroatoms. The Morgan fingerprint density at radius 1 is 0.923 bits per heavy atom. The van der Waals surface area contributed by atoms with Crippen LogP contribution in [0.15, 0.2) is 29.1 Å². The number of aromatic hydroxyl groups is 1. The van der Waals surface area contributed by atoms with E-state index in [0.717, 1.165) is 33.8 Å². The zero-order valence-corrected chi connectivity index (χ0v) is 22.3. The van der Waals surface area contributed by atoms with Crippen molar-refractivity contribution in [1.29, 1.82) is 0 Å². The zero-order chi connectivity index (χ0) is 28.7. The number of hydrogen-bond donors (Lipinski definition) is 1. The summed E-state index contributed by atoms with van der Waals surface area (Å²) in [5.74, 6) is -3.78. The van der Waals surface area contributed by atoms with Crippen LogP contribution >= 0.6 is 11.3 Å². The summed E-state index contributed by atoms with van der Waals surface area (Å²) in [6.07, 6.45) is -6.90. The van der Waals surface area contributed by atoms with Crippen molar-refractivity contribution in [2.24, 2.45) is 0 Å². The quantitative estimate of drug-likeness (QED) is 0.251. The number of Topliss-reactive ketones (excluding diaryl/α,β-unsaturated/α-hetero) is 1. The van der Waals surface area contributed by atoms with Gasteiger partial charge in [0, 0.05) is 39.1 Å². The maximum atomic E-state index is 12.6. The molecular formula is C25H27NO12S. The lowest BCUT2D eigenvalue weighted by Crippen LogP contribution is -2.63. The summed E-state index contributed by atoms with van der Waals surface area (Å²) in [4.78, 5) is 63.8. The molecule has 1 aromatic heterocycles. The maximum absolute atomic E-state index is 12.6. The molecule has 0 unspecified atom stereocenters.